The molecule has 1 amide bonds. The first-order valence-electron chi connectivity index (χ1n) is 13.4. The zero-order valence-electron chi connectivity index (χ0n) is 23.7. The predicted molar refractivity (Wildman–Crippen MR) is 162 cm³/mol. The summed E-state index contributed by atoms with van der Waals surface area (Å²) in [7, 11) is -8.73. The lowest BCUT2D eigenvalue weighted by atomic mass is 10.1. The van der Waals surface area contributed by atoms with Crippen molar-refractivity contribution in [2.24, 2.45) is 0 Å². The molecule has 0 aliphatic carbocycles. The van der Waals surface area contributed by atoms with E-state index in [2.05, 4.69) is 33.0 Å². The van der Waals surface area contributed by atoms with Gasteiger partial charge in [0.1, 0.15) is 11.6 Å². The number of hydrogen-bond acceptors (Lipinski definition) is 8. The second kappa shape index (κ2) is 11.0. The number of aliphatic hydroxyl groups excluding tert-OH is 1. The number of nitrogens with one attached hydrogen (secondary N) is 2. The van der Waals surface area contributed by atoms with Crippen molar-refractivity contribution in [1.82, 2.24) is 4.98 Å². The SMILES string of the molecule is CC(C)(C)S(=O)(=O)N1CCc2ccc(NC(=O)c3ccc(NS(=O)(=O)CCO)cc3N3CC[Si](C)(C)CC3)nc21. The number of amides is 1. The molecule has 2 aliphatic rings. The minimum absolute atomic E-state index is 0.227. The van der Waals surface area contributed by atoms with Gasteiger partial charge >= 0.3 is 0 Å². The van der Waals surface area contributed by atoms with Gasteiger partial charge in [0.05, 0.1) is 42.1 Å². The molecule has 0 atom stereocenters. The lowest BCUT2D eigenvalue weighted by Crippen LogP contribution is -2.43. The molecule has 2 aliphatic heterocycles. The van der Waals surface area contributed by atoms with E-state index in [1.54, 1.807) is 45.0 Å². The molecule has 1 aromatic heterocycles. The number of rotatable bonds is 8. The van der Waals surface area contributed by atoms with Gasteiger partial charge in [0.2, 0.25) is 20.0 Å². The van der Waals surface area contributed by atoms with Gasteiger partial charge in [-0.2, -0.15) is 0 Å². The van der Waals surface area contributed by atoms with E-state index >= 15 is 0 Å². The van der Waals surface area contributed by atoms with Gasteiger partial charge in [0, 0.05) is 19.6 Å². The Morgan fingerprint density at radius 3 is 2.35 bits per heavy atom. The normalized spacial score (nSPS) is 17.4. The molecule has 0 unspecified atom stereocenters. The Morgan fingerprint density at radius 2 is 1.73 bits per heavy atom. The molecule has 1 saturated heterocycles. The van der Waals surface area contributed by atoms with Crippen molar-refractivity contribution in [3.63, 3.8) is 0 Å². The Bertz CT molecular complexity index is 1500. The summed E-state index contributed by atoms with van der Waals surface area (Å²) in [6.07, 6.45) is 0.540. The molecule has 4 rings (SSSR count). The molecule has 40 heavy (non-hydrogen) atoms. The van der Waals surface area contributed by atoms with E-state index in [0.717, 1.165) is 30.7 Å². The summed E-state index contributed by atoms with van der Waals surface area (Å²) < 4.78 is 53.6. The van der Waals surface area contributed by atoms with Gasteiger partial charge in [-0.1, -0.05) is 19.2 Å². The standard InChI is InChI=1S/C26H39N5O6S2Si/c1-26(2,3)39(36,37)31-11-10-19-6-9-23(27-24(19)31)28-25(33)21-8-7-20(29-38(34,35)15-14-32)18-22(21)30-12-16-40(4,5)17-13-30/h6-9,18,29,32H,10-17H2,1-5H3,(H,27,28,33). The Kier molecular flexibility index (Phi) is 8.29. The molecule has 1 fully saturated rings. The van der Waals surface area contributed by atoms with E-state index in [1.165, 1.54) is 10.4 Å². The number of carbonyl (C=O) groups is 1. The van der Waals surface area contributed by atoms with Gasteiger partial charge < -0.3 is 15.3 Å². The fourth-order valence-electron chi connectivity index (χ4n) is 4.79. The lowest BCUT2D eigenvalue weighted by molar-refractivity contribution is 0.102. The van der Waals surface area contributed by atoms with Crippen molar-refractivity contribution in [3.8, 4) is 0 Å². The molecular formula is C26H39N5O6S2Si. The summed E-state index contributed by atoms with van der Waals surface area (Å²) in [4.78, 5) is 20.2. The van der Waals surface area contributed by atoms with Crippen molar-refractivity contribution in [1.29, 1.82) is 0 Å². The number of benzene rings is 1. The number of carbonyl (C=O) groups excluding carboxylic acids is 1. The quantitative estimate of drug-likeness (QED) is 0.387. The zero-order chi connectivity index (χ0) is 29.5. The third-order valence-corrected chi connectivity index (χ3v) is 14.3. The van der Waals surface area contributed by atoms with E-state index in [4.69, 9.17) is 5.11 Å². The first-order chi connectivity index (χ1) is 18.5. The number of hydrogen-bond donors (Lipinski definition) is 3. The van der Waals surface area contributed by atoms with Gasteiger partial charge in [-0.15, -0.1) is 0 Å². The number of anilines is 4. The topological polar surface area (TPSA) is 149 Å². The van der Waals surface area contributed by atoms with Crippen molar-refractivity contribution in [3.05, 3.63) is 41.5 Å². The second-order valence-electron chi connectivity index (χ2n) is 12.1. The molecule has 11 nitrogen and oxygen atoms in total. The zero-order valence-corrected chi connectivity index (χ0v) is 26.3. The molecule has 1 aromatic carbocycles. The number of nitrogens with zero attached hydrogens (tertiary/aromatic N) is 3. The lowest BCUT2D eigenvalue weighted by Gasteiger charge is -2.38. The van der Waals surface area contributed by atoms with Crippen LogP contribution in [-0.4, -0.2) is 77.6 Å². The molecule has 0 radical (unpaired) electrons. The van der Waals surface area contributed by atoms with Crippen LogP contribution in [0.15, 0.2) is 30.3 Å². The third kappa shape index (κ3) is 6.45. The third-order valence-electron chi connectivity index (χ3n) is 7.42. The molecule has 3 N–H and O–H groups in total. The Labute approximate surface area is 238 Å². The van der Waals surface area contributed by atoms with E-state index in [1.807, 2.05) is 0 Å². The summed E-state index contributed by atoms with van der Waals surface area (Å²) in [5.41, 5.74) is 2.06. The number of aliphatic hydroxyl groups is 1. The van der Waals surface area contributed by atoms with E-state index in [0.29, 0.717) is 35.7 Å². The molecule has 3 heterocycles. The molecule has 14 heteroatoms. The highest BCUT2D eigenvalue weighted by molar-refractivity contribution is 7.94. The fourth-order valence-corrected chi connectivity index (χ4v) is 8.99. The minimum Gasteiger partial charge on any atom is -0.395 e. The highest BCUT2D eigenvalue weighted by atomic mass is 32.2. The van der Waals surface area contributed by atoms with E-state index < -0.39 is 51.1 Å². The van der Waals surface area contributed by atoms with Gasteiger partial charge in [0.15, 0.2) is 0 Å². The molecule has 2 aromatic rings. The summed E-state index contributed by atoms with van der Waals surface area (Å²) in [5, 5.41) is 11.9. The van der Waals surface area contributed by atoms with Gasteiger partial charge in [-0.05, 0) is 69.1 Å². The molecule has 0 spiro atoms. The summed E-state index contributed by atoms with van der Waals surface area (Å²) in [5.74, 6) is -0.312. The van der Waals surface area contributed by atoms with Crippen LogP contribution in [0.25, 0.3) is 0 Å². The van der Waals surface area contributed by atoms with Crippen molar-refractivity contribution in [2.75, 3.05) is 51.2 Å². The first kappa shape index (κ1) is 30.3. The van der Waals surface area contributed by atoms with Crippen LogP contribution in [0, 0.1) is 0 Å². The van der Waals surface area contributed by atoms with Crippen LogP contribution in [0.5, 0.6) is 0 Å². The first-order valence-corrected chi connectivity index (χ1v) is 19.9. The van der Waals surface area contributed by atoms with Crippen LogP contribution in [0.2, 0.25) is 25.2 Å². The fraction of sp³-hybridized carbons (Fsp3) is 0.538. The summed E-state index contributed by atoms with van der Waals surface area (Å²) >= 11 is 0. The van der Waals surface area contributed by atoms with E-state index in [9.17, 15) is 21.6 Å². The monoisotopic (exact) mass is 609 g/mol. The van der Waals surface area contributed by atoms with Gasteiger partial charge in [-0.25, -0.2) is 21.8 Å². The second-order valence-corrected chi connectivity index (χ2v) is 21.9. The highest BCUT2D eigenvalue weighted by Crippen LogP contribution is 2.35. The van der Waals surface area contributed by atoms with Crippen LogP contribution in [-0.2, 0) is 26.5 Å². The van der Waals surface area contributed by atoms with Crippen LogP contribution >= 0.6 is 0 Å². The number of pyridine rings is 1. The number of aromatic nitrogens is 1. The molecule has 220 valence electrons. The maximum absolute atomic E-state index is 13.6. The molecule has 0 bridgehead atoms. The summed E-state index contributed by atoms with van der Waals surface area (Å²) in [6, 6.07) is 10.3. The van der Waals surface area contributed by atoms with Gasteiger partial charge in [-0.3, -0.25) is 13.8 Å². The van der Waals surface area contributed by atoms with Crippen LogP contribution in [0.3, 0.4) is 0 Å². The van der Waals surface area contributed by atoms with Crippen LogP contribution in [0.1, 0.15) is 36.7 Å². The van der Waals surface area contributed by atoms with E-state index in [-0.39, 0.29) is 5.82 Å². The predicted octanol–water partition coefficient (Wildman–Crippen LogP) is 3.09. The Morgan fingerprint density at radius 1 is 1.05 bits per heavy atom. The number of sulfonamides is 2. The average Bonchev–Trinajstić information content (AvgIpc) is 3.27. The average molecular weight is 610 g/mol. The van der Waals surface area contributed by atoms with Gasteiger partial charge in [0.25, 0.3) is 5.91 Å². The van der Waals surface area contributed by atoms with Crippen molar-refractivity contribution in [2.45, 2.75) is 57.1 Å². The van der Waals surface area contributed by atoms with Crippen LogP contribution in [0.4, 0.5) is 23.0 Å². The molecular weight excluding hydrogens is 571 g/mol. The van der Waals surface area contributed by atoms with Crippen molar-refractivity contribution >= 4 is 57.0 Å². The molecule has 0 saturated carbocycles. The maximum Gasteiger partial charge on any atom is 0.258 e. The largest absolute Gasteiger partial charge is 0.395 e. The minimum atomic E-state index is -3.74. The Hall–Kier alpha value is -2.68. The summed E-state index contributed by atoms with van der Waals surface area (Å²) in [6.45, 7) is 10.9. The Balaban J connectivity index is 1.65. The number of fused-ring (bicyclic) bond motifs is 1. The maximum atomic E-state index is 13.6. The highest BCUT2D eigenvalue weighted by Gasteiger charge is 2.39. The smallest absolute Gasteiger partial charge is 0.258 e. The van der Waals surface area contributed by atoms with Crippen LogP contribution < -0.4 is 19.2 Å². The van der Waals surface area contributed by atoms with Crippen molar-refractivity contribution < 1.29 is 26.7 Å².